The van der Waals surface area contributed by atoms with Crippen LogP contribution in [0.1, 0.15) is 5.89 Å². The van der Waals surface area contributed by atoms with Crippen LogP contribution in [0.5, 0.6) is 5.75 Å². The number of aryl methyl sites for hydroxylation is 1. The number of ether oxygens (including phenoxy) is 1. The first-order valence-corrected chi connectivity index (χ1v) is 5.89. The van der Waals surface area contributed by atoms with Gasteiger partial charge < -0.3 is 19.6 Å². The Morgan fingerprint density at radius 2 is 2.21 bits per heavy atom. The Labute approximate surface area is 109 Å². The van der Waals surface area contributed by atoms with Crippen molar-refractivity contribution in [3.63, 3.8) is 0 Å². The Bertz CT molecular complexity index is 729. The molecule has 3 rings (SSSR count). The van der Waals surface area contributed by atoms with Gasteiger partial charge in [-0.3, -0.25) is 0 Å². The standard InChI is InChI=1S/C13H14N4O2/c1-17-6-5-8-10(17)4-3-9(12(8)18-2)13-15-11(7-14)19-16-13/h3-6H,7,14H2,1-2H3. The molecule has 19 heavy (non-hydrogen) atoms. The summed E-state index contributed by atoms with van der Waals surface area (Å²) in [5, 5.41) is 4.94. The van der Waals surface area contributed by atoms with Crippen LogP contribution in [0.2, 0.25) is 0 Å². The van der Waals surface area contributed by atoms with Gasteiger partial charge in [0.2, 0.25) is 11.7 Å². The van der Waals surface area contributed by atoms with Crippen molar-refractivity contribution in [2.24, 2.45) is 12.8 Å². The Morgan fingerprint density at radius 1 is 1.37 bits per heavy atom. The molecule has 2 aromatic heterocycles. The van der Waals surface area contributed by atoms with Crippen LogP contribution >= 0.6 is 0 Å². The topological polar surface area (TPSA) is 79.1 Å². The fourth-order valence-corrected chi connectivity index (χ4v) is 2.17. The van der Waals surface area contributed by atoms with Crippen molar-refractivity contribution in [2.45, 2.75) is 6.54 Å². The molecule has 6 heteroatoms. The first-order valence-electron chi connectivity index (χ1n) is 5.89. The molecule has 0 aliphatic carbocycles. The van der Waals surface area contributed by atoms with E-state index in [0.29, 0.717) is 11.7 Å². The summed E-state index contributed by atoms with van der Waals surface area (Å²) in [5.74, 6) is 1.63. The summed E-state index contributed by atoms with van der Waals surface area (Å²) in [5.41, 5.74) is 7.36. The number of aromatic nitrogens is 3. The van der Waals surface area contributed by atoms with Crippen LogP contribution in [0.25, 0.3) is 22.3 Å². The molecular weight excluding hydrogens is 244 g/mol. The quantitative estimate of drug-likeness (QED) is 0.773. The first kappa shape index (κ1) is 11.7. The molecule has 0 radical (unpaired) electrons. The maximum Gasteiger partial charge on any atom is 0.240 e. The minimum Gasteiger partial charge on any atom is -0.495 e. The fourth-order valence-electron chi connectivity index (χ4n) is 2.17. The van der Waals surface area contributed by atoms with Crippen molar-refractivity contribution in [3.05, 3.63) is 30.3 Å². The first-order chi connectivity index (χ1) is 9.24. The van der Waals surface area contributed by atoms with Gasteiger partial charge >= 0.3 is 0 Å². The normalized spacial score (nSPS) is 11.1. The third-order valence-electron chi connectivity index (χ3n) is 3.11. The number of methoxy groups -OCH3 is 1. The Balaban J connectivity index is 2.23. The summed E-state index contributed by atoms with van der Waals surface area (Å²) in [6.07, 6.45) is 1.98. The lowest BCUT2D eigenvalue weighted by atomic mass is 10.1. The summed E-state index contributed by atoms with van der Waals surface area (Å²) < 4.78 is 12.6. The molecule has 0 amide bonds. The van der Waals surface area contributed by atoms with Crippen molar-refractivity contribution >= 4 is 10.9 Å². The van der Waals surface area contributed by atoms with E-state index in [1.807, 2.05) is 36.0 Å². The number of nitrogens with two attached hydrogens (primary N) is 1. The molecule has 0 aliphatic heterocycles. The molecule has 2 N–H and O–H groups in total. The van der Waals surface area contributed by atoms with Gasteiger partial charge in [0.15, 0.2) is 0 Å². The lowest BCUT2D eigenvalue weighted by Gasteiger charge is -2.07. The molecular formula is C13H14N4O2. The van der Waals surface area contributed by atoms with Gasteiger partial charge in [-0.05, 0) is 18.2 Å². The van der Waals surface area contributed by atoms with Crippen molar-refractivity contribution in [1.29, 1.82) is 0 Å². The van der Waals surface area contributed by atoms with Crippen molar-refractivity contribution in [1.82, 2.24) is 14.7 Å². The highest BCUT2D eigenvalue weighted by Gasteiger charge is 2.16. The van der Waals surface area contributed by atoms with Crippen molar-refractivity contribution in [2.75, 3.05) is 7.11 Å². The molecule has 1 aromatic carbocycles. The van der Waals surface area contributed by atoms with Crippen molar-refractivity contribution < 1.29 is 9.26 Å². The largest absolute Gasteiger partial charge is 0.495 e. The molecule has 6 nitrogen and oxygen atoms in total. The van der Waals surface area contributed by atoms with Gasteiger partial charge in [-0.2, -0.15) is 4.98 Å². The van der Waals surface area contributed by atoms with E-state index in [1.54, 1.807) is 7.11 Å². The Hall–Kier alpha value is -2.34. The lowest BCUT2D eigenvalue weighted by Crippen LogP contribution is -1.96. The van der Waals surface area contributed by atoms with Crippen LogP contribution < -0.4 is 10.5 Å². The second kappa shape index (κ2) is 4.40. The van der Waals surface area contributed by atoms with Crippen LogP contribution in [0.3, 0.4) is 0 Å². The zero-order valence-electron chi connectivity index (χ0n) is 10.8. The highest BCUT2D eigenvalue weighted by Crippen LogP contribution is 2.35. The highest BCUT2D eigenvalue weighted by atomic mass is 16.5. The van der Waals surface area contributed by atoms with Crippen LogP contribution in [0, 0.1) is 0 Å². The Kier molecular flexibility index (Phi) is 2.72. The Morgan fingerprint density at radius 3 is 2.89 bits per heavy atom. The van der Waals surface area contributed by atoms with Crippen molar-refractivity contribution in [3.8, 4) is 17.1 Å². The zero-order valence-corrected chi connectivity index (χ0v) is 10.8. The van der Waals surface area contributed by atoms with Gasteiger partial charge in [-0.25, -0.2) is 0 Å². The number of hydrogen-bond donors (Lipinski definition) is 1. The van der Waals surface area contributed by atoms with Gasteiger partial charge in [0.1, 0.15) is 5.75 Å². The van der Waals surface area contributed by atoms with Gasteiger partial charge in [0, 0.05) is 18.6 Å². The lowest BCUT2D eigenvalue weighted by molar-refractivity contribution is 0.380. The second-order valence-corrected chi connectivity index (χ2v) is 4.22. The van der Waals surface area contributed by atoms with Crippen LogP contribution in [-0.4, -0.2) is 21.8 Å². The molecule has 0 bridgehead atoms. The van der Waals surface area contributed by atoms with Gasteiger partial charge in [0.25, 0.3) is 0 Å². The minimum absolute atomic E-state index is 0.225. The predicted octanol–water partition coefficient (Wildman–Crippen LogP) is 1.70. The van der Waals surface area contributed by atoms with Crippen LogP contribution in [0.4, 0.5) is 0 Å². The van der Waals surface area contributed by atoms with Gasteiger partial charge in [-0.1, -0.05) is 5.16 Å². The predicted molar refractivity (Wildman–Crippen MR) is 70.7 cm³/mol. The average Bonchev–Trinajstić information content (AvgIpc) is 3.05. The number of fused-ring (bicyclic) bond motifs is 1. The highest BCUT2D eigenvalue weighted by molar-refractivity contribution is 5.92. The molecule has 0 spiro atoms. The molecule has 0 saturated heterocycles. The monoisotopic (exact) mass is 258 g/mol. The summed E-state index contributed by atoms with van der Waals surface area (Å²) in [4.78, 5) is 4.23. The zero-order chi connectivity index (χ0) is 13.4. The molecule has 3 aromatic rings. The average molecular weight is 258 g/mol. The molecule has 2 heterocycles. The number of nitrogens with zero attached hydrogens (tertiary/aromatic N) is 3. The molecule has 0 saturated carbocycles. The van der Waals surface area contributed by atoms with E-state index in [1.165, 1.54) is 0 Å². The second-order valence-electron chi connectivity index (χ2n) is 4.22. The third-order valence-corrected chi connectivity index (χ3v) is 3.11. The van der Waals surface area contributed by atoms with E-state index in [0.717, 1.165) is 22.2 Å². The smallest absolute Gasteiger partial charge is 0.240 e. The van der Waals surface area contributed by atoms with Crippen LogP contribution in [0.15, 0.2) is 28.9 Å². The number of hydrogen-bond acceptors (Lipinski definition) is 5. The molecule has 0 fully saturated rings. The van der Waals surface area contributed by atoms with E-state index in [-0.39, 0.29) is 6.54 Å². The SMILES string of the molecule is COc1c(-c2noc(CN)n2)ccc2c1ccn2C. The van der Waals surface area contributed by atoms with E-state index in [4.69, 9.17) is 15.0 Å². The summed E-state index contributed by atoms with van der Waals surface area (Å²) in [6.45, 7) is 0.225. The van der Waals surface area contributed by atoms with E-state index in [2.05, 4.69) is 10.1 Å². The van der Waals surface area contributed by atoms with Gasteiger partial charge in [-0.15, -0.1) is 0 Å². The van der Waals surface area contributed by atoms with E-state index >= 15 is 0 Å². The number of benzene rings is 1. The molecule has 0 aliphatic rings. The number of rotatable bonds is 3. The molecule has 0 atom stereocenters. The minimum atomic E-state index is 0.225. The van der Waals surface area contributed by atoms with Crippen LogP contribution in [-0.2, 0) is 13.6 Å². The molecule has 0 unspecified atom stereocenters. The third kappa shape index (κ3) is 1.77. The fraction of sp³-hybridized carbons (Fsp3) is 0.231. The summed E-state index contributed by atoms with van der Waals surface area (Å²) in [7, 11) is 3.62. The van der Waals surface area contributed by atoms with E-state index < -0.39 is 0 Å². The van der Waals surface area contributed by atoms with Gasteiger partial charge in [0.05, 0.1) is 24.7 Å². The van der Waals surface area contributed by atoms with E-state index in [9.17, 15) is 0 Å². The summed E-state index contributed by atoms with van der Waals surface area (Å²) >= 11 is 0. The molecule has 98 valence electrons. The summed E-state index contributed by atoms with van der Waals surface area (Å²) in [6, 6.07) is 5.93. The maximum atomic E-state index is 5.50. The maximum absolute atomic E-state index is 5.50.